The Balaban J connectivity index is 1.37. The largest absolute Gasteiger partial charge is 0.334 e. The SMILES string of the molecule is Cc1nn(Cc2ccc(F)cc2)c2sc(C(=O)N3CCCC3CN3CCCC3)cc12. The molecule has 2 aliphatic rings. The summed E-state index contributed by atoms with van der Waals surface area (Å²) in [6.45, 7) is 6.75. The first-order valence-corrected chi connectivity index (χ1v) is 11.6. The van der Waals surface area contributed by atoms with Crippen LogP contribution in [0.15, 0.2) is 30.3 Å². The van der Waals surface area contributed by atoms with Gasteiger partial charge in [-0.1, -0.05) is 12.1 Å². The number of carbonyl (C=O) groups excluding carboxylic acids is 1. The van der Waals surface area contributed by atoms with E-state index in [-0.39, 0.29) is 11.7 Å². The van der Waals surface area contributed by atoms with Gasteiger partial charge in [-0.2, -0.15) is 5.10 Å². The average molecular weight is 427 g/mol. The molecule has 0 N–H and O–H groups in total. The van der Waals surface area contributed by atoms with Gasteiger partial charge in [0.25, 0.3) is 5.91 Å². The number of hydrogen-bond acceptors (Lipinski definition) is 4. The Morgan fingerprint density at radius 2 is 1.93 bits per heavy atom. The Labute approximate surface area is 180 Å². The van der Waals surface area contributed by atoms with Crippen molar-refractivity contribution >= 4 is 27.5 Å². The molecule has 2 aliphatic heterocycles. The van der Waals surface area contributed by atoms with Gasteiger partial charge < -0.3 is 9.80 Å². The van der Waals surface area contributed by atoms with Crippen LogP contribution in [0.3, 0.4) is 0 Å². The summed E-state index contributed by atoms with van der Waals surface area (Å²) in [6.07, 6.45) is 4.75. The number of benzene rings is 1. The number of hydrogen-bond donors (Lipinski definition) is 0. The van der Waals surface area contributed by atoms with Gasteiger partial charge >= 0.3 is 0 Å². The van der Waals surface area contributed by atoms with Crippen LogP contribution in [0.5, 0.6) is 0 Å². The summed E-state index contributed by atoms with van der Waals surface area (Å²) in [5.74, 6) is -0.0794. The normalized spacial score (nSPS) is 19.9. The molecule has 158 valence electrons. The molecule has 0 radical (unpaired) electrons. The molecule has 1 aromatic carbocycles. The van der Waals surface area contributed by atoms with Gasteiger partial charge in [-0.25, -0.2) is 4.39 Å². The van der Waals surface area contributed by atoms with Gasteiger partial charge in [-0.15, -0.1) is 11.3 Å². The highest BCUT2D eigenvalue weighted by molar-refractivity contribution is 7.20. The van der Waals surface area contributed by atoms with Crippen LogP contribution in [-0.4, -0.2) is 57.7 Å². The van der Waals surface area contributed by atoms with Gasteiger partial charge in [0.15, 0.2) is 0 Å². The fraction of sp³-hybridized carbons (Fsp3) is 0.478. The summed E-state index contributed by atoms with van der Waals surface area (Å²) in [5.41, 5.74) is 1.92. The molecule has 0 bridgehead atoms. The van der Waals surface area contributed by atoms with Crippen LogP contribution >= 0.6 is 11.3 Å². The number of amides is 1. The molecular weight excluding hydrogens is 399 g/mol. The first-order valence-electron chi connectivity index (χ1n) is 10.8. The minimum absolute atomic E-state index is 0.158. The zero-order valence-corrected chi connectivity index (χ0v) is 18.1. The predicted octanol–water partition coefficient (Wildman–Crippen LogP) is 4.29. The Morgan fingerprint density at radius 1 is 1.17 bits per heavy atom. The van der Waals surface area contributed by atoms with Gasteiger partial charge in [0.05, 0.1) is 17.1 Å². The molecule has 3 aromatic rings. The minimum Gasteiger partial charge on any atom is -0.334 e. The number of aryl methyl sites for hydroxylation is 1. The third-order valence-corrected chi connectivity index (χ3v) is 7.51. The summed E-state index contributed by atoms with van der Waals surface area (Å²) in [7, 11) is 0. The molecule has 1 amide bonds. The maximum Gasteiger partial charge on any atom is 0.264 e. The zero-order chi connectivity index (χ0) is 20.7. The van der Waals surface area contributed by atoms with Gasteiger partial charge in [-0.3, -0.25) is 9.48 Å². The van der Waals surface area contributed by atoms with Crippen LogP contribution in [0.25, 0.3) is 10.2 Å². The van der Waals surface area contributed by atoms with Gasteiger partial charge in [-0.05, 0) is 69.5 Å². The van der Waals surface area contributed by atoms with Crippen LogP contribution in [0.1, 0.15) is 46.6 Å². The van der Waals surface area contributed by atoms with Crippen molar-refractivity contribution in [2.45, 2.75) is 45.2 Å². The predicted molar refractivity (Wildman–Crippen MR) is 118 cm³/mol. The number of fused-ring (bicyclic) bond motifs is 1. The molecular formula is C23H27FN4OS. The number of likely N-dealkylation sites (tertiary alicyclic amines) is 2. The Kier molecular flexibility index (Phi) is 5.33. The average Bonchev–Trinajstić information content (AvgIpc) is 3.52. The van der Waals surface area contributed by atoms with E-state index >= 15 is 0 Å². The summed E-state index contributed by atoms with van der Waals surface area (Å²) in [6, 6.07) is 8.85. The summed E-state index contributed by atoms with van der Waals surface area (Å²) in [5, 5.41) is 5.69. The lowest BCUT2D eigenvalue weighted by Crippen LogP contribution is -2.42. The van der Waals surface area contributed by atoms with Crippen LogP contribution in [0.2, 0.25) is 0 Å². The molecule has 2 aromatic heterocycles. The highest BCUT2D eigenvalue weighted by Gasteiger charge is 2.32. The van der Waals surface area contributed by atoms with E-state index in [1.807, 2.05) is 17.7 Å². The number of thiophene rings is 1. The van der Waals surface area contributed by atoms with E-state index in [0.29, 0.717) is 12.6 Å². The van der Waals surface area contributed by atoms with Crippen molar-refractivity contribution in [1.82, 2.24) is 19.6 Å². The highest BCUT2D eigenvalue weighted by atomic mass is 32.1. The summed E-state index contributed by atoms with van der Waals surface area (Å²) >= 11 is 1.53. The van der Waals surface area contributed by atoms with Crippen LogP contribution in [0, 0.1) is 12.7 Å². The Morgan fingerprint density at radius 3 is 2.70 bits per heavy atom. The molecule has 5 rings (SSSR count). The molecule has 7 heteroatoms. The van der Waals surface area contributed by atoms with Crippen molar-refractivity contribution in [1.29, 1.82) is 0 Å². The number of rotatable bonds is 5. The molecule has 1 unspecified atom stereocenters. The lowest BCUT2D eigenvalue weighted by Gasteiger charge is -2.28. The van der Waals surface area contributed by atoms with Crippen molar-refractivity contribution in [3.05, 3.63) is 52.3 Å². The lowest BCUT2D eigenvalue weighted by molar-refractivity contribution is 0.0714. The summed E-state index contributed by atoms with van der Waals surface area (Å²) < 4.78 is 15.2. The molecule has 0 saturated carbocycles. The second-order valence-corrected chi connectivity index (χ2v) is 9.53. The standard InChI is InChI=1S/C23H27FN4OS/c1-16-20-13-21(22(29)27-12-4-5-19(27)15-26-10-2-3-11-26)30-23(20)28(25-16)14-17-6-8-18(24)9-7-17/h6-9,13,19H,2-5,10-12,14-15H2,1H3. The summed E-state index contributed by atoms with van der Waals surface area (Å²) in [4.78, 5) is 19.8. The van der Waals surface area contributed by atoms with Crippen molar-refractivity contribution in [3.63, 3.8) is 0 Å². The fourth-order valence-corrected chi connectivity index (χ4v) is 5.90. The third kappa shape index (κ3) is 3.76. The quantitative estimate of drug-likeness (QED) is 0.611. The zero-order valence-electron chi connectivity index (χ0n) is 17.3. The van der Waals surface area contributed by atoms with Crippen LogP contribution in [0.4, 0.5) is 4.39 Å². The Bertz CT molecular complexity index is 1050. The van der Waals surface area contributed by atoms with Crippen molar-refractivity contribution < 1.29 is 9.18 Å². The van der Waals surface area contributed by atoms with E-state index in [1.165, 1.54) is 49.4 Å². The van der Waals surface area contributed by atoms with Gasteiger partial charge in [0, 0.05) is 24.5 Å². The molecule has 0 spiro atoms. The first kappa shape index (κ1) is 19.7. The molecule has 1 atom stereocenters. The van der Waals surface area contributed by atoms with Crippen molar-refractivity contribution in [2.75, 3.05) is 26.2 Å². The number of aromatic nitrogens is 2. The Hall–Kier alpha value is -2.25. The third-order valence-electron chi connectivity index (χ3n) is 6.37. The monoisotopic (exact) mass is 426 g/mol. The fourth-order valence-electron chi connectivity index (χ4n) is 4.79. The number of carbonyl (C=O) groups is 1. The van der Waals surface area contributed by atoms with Crippen molar-refractivity contribution in [2.24, 2.45) is 0 Å². The molecule has 2 fully saturated rings. The van der Waals surface area contributed by atoms with E-state index in [9.17, 15) is 9.18 Å². The second-order valence-electron chi connectivity index (χ2n) is 8.50. The van der Waals surface area contributed by atoms with Gasteiger partial charge in [0.1, 0.15) is 10.6 Å². The molecule has 5 nitrogen and oxygen atoms in total. The minimum atomic E-state index is -0.237. The van der Waals surface area contributed by atoms with E-state index in [4.69, 9.17) is 0 Å². The molecule has 2 saturated heterocycles. The number of nitrogens with zero attached hydrogens (tertiary/aromatic N) is 4. The second kappa shape index (κ2) is 8.12. The molecule has 30 heavy (non-hydrogen) atoms. The molecule has 4 heterocycles. The maximum absolute atomic E-state index is 13.4. The lowest BCUT2D eigenvalue weighted by atomic mass is 10.2. The maximum atomic E-state index is 13.4. The highest BCUT2D eigenvalue weighted by Crippen LogP contribution is 2.31. The van der Waals surface area contributed by atoms with Crippen LogP contribution < -0.4 is 0 Å². The topological polar surface area (TPSA) is 41.4 Å². The van der Waals surface area contributed by atoms with Crippen molar-refractivity contribution in [3.8, 4) is 0 Å². The molecule has 0 aliphatic carbocycles. The smallest absolute Gasteiger partial charge is 0.264 e. The van der Waals surface area contributed by atoms with E-state index < -0.39 is 0 Å². The van der Waals surface area contributed by atoms with E-state index in [2.05, 4.69) is 14.9 Å². The van der Waals surface area contributed by atoms with E-state index in [1.54, 1.807) is 12.1 Å². The van der Waals surface area contributed by atoms with E-state index in [0.717, 1.165) is 52.3 Å². The first-order chi connectivity index (χ1) is 14.6. The number of halogens is 1. The van der Waals surface area contributed by atoms with Crippen LogP contribution in [-0.2, 0) is 6.54 Å². The van der Waals surface area contributed by atoms with Gasteiger partial charge in [0.2, 0.25) is 0 Å².